The lowest BCUT2D eigenvalue weighted by molar-refractivity contribution is -0.129. The minimum absolute atomic E-state index is 0.105. The van der Waals surface area contributed by atoms with Gasteiger partial charge in [0.1, 0.15) is 5.78 Å². The van der Waals surface area contributed by atoms with E-state index in [2.05, 4.69) is 0 Å². The zero-order valence-electron chi connectivity index (χ0n) is 14.6. The minimum atomic E-state index is -3.33. The summed E-state index contributed by atoms with van der Waals surface area (Å²) >= 11 is 0. The summed E-state index contributed by atoms with van der Waals surface area (Å²) in [5, 5.41) is 1.47. The van der Waals surface area contributed by atoms with Crippen LogP contribution in [0.2, 0.25) is 0 Å². The molecule has 138 valence electrons. The minimum Gasteiger partial charge on any atom is -0.309 e. The van der Waals surface area contributed by atoms with Crippen LogP contribution < -0.4 is 0 Å². The molecule has 1 saturated heterocycles. The Hall–Kier alpha value is 0.220. The van der Waals surface area contributed by atoms with E-state index in [9.17, 15) is 9.13 Å². The quantitative estimate of drug-likeness (QED) is 0.509. The highest BCUT2D eigenvalue weighted by molar-refractivity contribution is 7.54. The Morgan fingerprint density at radius 3 is 1.87 bits per heavy atom. The molecule has 23 heavy (non-hydrogen) atoms. The van der Waals surface area contributed by atoms with Crippen molar-refractivity contribution in [1.29, 1.82) is 0 Å². The van der Waals surface area contributed by atoms with Gasteiger partial charge >= 0.3 is 15.2 Å². The molecular weight excluding hydrogens is 344 g/mol. The van der Waals surface area contributed by atoms with Crippen molar-refractivity contribution >= 4 is 15.2 Å². The first-order chi connectivity index (χ1) is 10.8. The molecule has 0 aromatic carbocycles. The van der Waals surface area contributed by atoms with Crippen molar-refractivity contribution in [2.24, 2.45) is 0 Å². The van der Waals surface area contributed by atoms with Crippen LogP contribution in [0.5, 0.6) is 0 Å². The summed E-state index contributed by atoms with van der Waals surface area (Å²) in [6.45, 7) is 8.18. The van der Waals surface area contributed by atoms with Gasteiger partial charge in [0.05, 0.1) is 38.7 Å². The van der Waals surface area contributed by atoms with Gasteiger partial charge in [0.2, 0.25) is 0 Å². The fourth-order valence-electron chi connectivity index (χ4n) is 2.52. The van der Waals surface area contributed by atoms with Crippen LogP contribution in [0.15, 0.2) is 0 Å². The second kappa shape index (κ2) is 9.64. The number of nitrogens with zero attached hydrogens (tertiary/aromatic N) is 1. The predicted molar refractivity (Wildman–Crippen MR) is 87.6 cm³/mol. The van der Waals surface area contributed by atoms with Gasteiger partial charge in [-0.15, -0.1) is 0 Å². The van der Waals surface area contributed by atoms with Crippen molar-refractivity contribution in [1.82, 2.24) is 5.06 Å². The van der Waals surface area contributed by atoms with Crippen LogP contribution in [0.1, 0.15) is 34.1 Å². The summed E-state index contributed by atoms with van der Waals surface area (Å²) in [5.74, 6) is -0.538. The first-order valence-corrected chi connectivity index (χ1v) is 11.3. The third kappa shape index (κ3) is 5.91. The maximum Gasteiger partial charge on any atom is 0.350 e. The van der Waals surface area contributed by atoms with Gasteiger partial charge in [-0.3, -0.25) is 14.0 Å². The number of rotatable bonds is 11. The van der Waals surface area contributed by atoms with Crippen LogP contribution in [-0.2, 0) is 32.1 Å². The van der Waals surface area contributed by atoms with Crippen molar-refractivity contribution in [3.05, 3.63) is 0 Å². The van der Waals surface area contributed by atoms with Gasteiger partial charge in [0.25, 0.3) is 0 Å². The smallest absolute Gasteiger partial charge is 0.309 e. The molecule has 0 bridgehead atoms. The second-order valence-corrected chi connectivity index (χ2v) is 9.29. The summed E-state index contributed by atoms with van der Waals surface area (Å²) in [5.41, 5.74) is 0. The van der Waals surface area contributed by atoms with Crippen LogP contribution in [0.4, 0.5) is 0 Å². The highest BCUT2D eigenvalue weighted by atomic mass is 31.2. The Bertz CT molecular complexity index is 428. The van der Waals surface area contributed by atoms with E-state index in [4.69, 9.17) is 22.9 Å². The number of hydrogen-bond donors (Lipinski definition) is 0. The molecule has 1 heterocycles. The molecule has 1 aliphatic heterocycles. The molecule has 0 amide bonds. The first kappa shape index (κ1) is 21.3. The number of hydrogen-bond acceptors (Lipinski definition) is 8. The second-order valence-electron chi connectivity index (χ2n) is 4.99. The average Bonchev–Trinajstić information content (AvgIpc) is 2.80. The Labute approximate surface area is 138 Å². The SMILES string of the molecule is CCOP(=O)(C[C@@H]1C[C@H](P(=O)(OCC)OCC)N(C)O1)OCC. The summed E-state index contributed by atoms with van der Waals surface area (Å²) in [6.07, 6.45) is 0.0502. The molecule has 10 heteroatoms. The molecule has 0 aromatic heterocycles. The number of hydroxylamine groups is 2. The van der Waals surface area contributed by atoms with Gasteiger partial charge in [0, 0.05) is 13.5 Å². The largest absolute Gasteiger partial charge is 0.350 e. The molecule has 0 radical (unpaired) electrons. The third-order valence-corrected chi connectivity index (χ3v) is 7.93. The van der Waals surface area contributed by atoms with E-state index in [1.54, 1.807) is 34.7 Å². The molecule has 0 saturated carbocycles. The van der Waals surface area contributed by atoms with E-state index < -0.39 is 27.1 Å². The van der Waals surface area contributed by atoms with E-state index >= 15 is 0 Å². The molecule has 0 N–H and O–H groups in total. The van der Waals surface area contributed by atoms with Gasteiger partial charge in [-0.2, -0.15) is 5.06 Å². The Morgan fingerprint density at radius 1 is 0.957 bits per heavy atom. The van der Waals surface area contributed by atoms with E-state index in [0.29, 0.717) is 19.6 Å². The van der Waals surface area contributed by atoms with Crippen molar-refractivity contribution < 1.29 is 32.1 Å². The molecule has 2 atom stereocenters. The van der Waals surface area contributed by atoms with Gasteiger partial charge in [-0.05, 0) is 27.7 Å². The maximum atomic E-state index is 12.9. The van der Waals surface area contributed by atoms with E-state index in [1.807, 2.05) is 0 Å². The molecular formula is C13H29NO7P2. The fraction of sp³-hybridized carbons (Fsp3) is 1.00. The van der Waals surface area contributed by atoms with Crippen molar-refractivity contribution in [2.45, 2.75) is 46.0 Å². The predicted octanol–water partition coefficient (Wildman–Crippen LogP) is 3.48. The monoisotopic (exact) mass is 373 g/mol. The Kier molecular flexibility index (Phi) is 8.91. The zero-order valence-corrected chi connectivity index (χ0v) is 16.4. The lowest BCUT2D eigenvalue weighted by Gasteiger charge is -2.25. The summed E-state index contributed by atoms with van der Waals surface area (Å²) in [7, 11) is -4.89. The molecule has 0 unspecified atom stereocenters. The molecule has 1 aliphatic rings. The van der Waals surface area contributed by atoms with Gasteiger partial charge in [-0.1, -0.05) is 0 Å². The standard InChI is InChI=1S/C13H29NO7P2/c1-6-17-22(15,18-7-2)11-12-10-13(14(5)21-12)23(16,19-8-3)20-9-4/h12-13H,6-11H2,1-5H3/t12-,13-/m0/s1. The highest BCUT2D eigenvalue weighted by Gasteiger charge is 2.47. The highest BCUT2D eigenvalue weighted by Crippen LogP contribution is 2.59. The van der Waals surface area contributed by atoms with Crippen LogP contribution >= 0.6 is 15.2 Å². The molecule has 0 aliphatic carbocycles. The molecule has 1 fully saturated rings. The molecule has 1 rings (SSSR count). The van der Waals surface area contributed by atoms with E-state index in [-0.39, 0.29) is 19.4 Å². The normalized spacial score (nSPS) is 23.5. The van der Waals surface area contributed by atoms with Crippen LogP contribution in [0.25, 0.3) is 0 Å². The Balaban J connectivity index is 2.80. The van der Waals surface area contributed by atoms with Crippen LogP contribution in [0, 0.1) is 0 Å². The average molecular weight is 373 g/mol. The maximum absolute atomic E-state index is 12.9. The van der Waals surface area contributed by atoms with Gasteiger partial charge < -0.3 is 18.1 Å². The lowest BCUT2D eigenvalue weighted by atomic mass is 10.3. The fourth-order valence-corrected chi connectivity index (χ4v) is 6.39. The molecule has 0 spiro atoms. The van der Waals surface area contributed by atoms with Crippen molar-refractivity contribution in [3.8, 4) is 0 Å². The van der Waals surface area contributed by atoms with Gasteiger partial charge in [-0.25, -0.2) is 0 Å². The van der Waals surface area contributed by atoms with Crippen LogP contribution in [0.3, 0.4) is 0 Å². The molecule has 0 aromatic rings. The molecule has 8 nitrogen and oxygen atoms in total. The third-order valence-electron chi connectivity index (χ3n) is 3.27. The summed E-state index contributed by atoms with van der Waals surface area (Å²) < 4.78 is 46.8. The summed E-state index contributed by atoms with van der Waals surface area (Å²) in [6, 6.07) is 0. The lowest BCUT2D eigenvalue weighted by Crippen LogP contribution is -2.25. The summed E-state index contributed by atoms with van der Waals surface area (Å²) in [4.78, 5) is 5.67. The Morgan fingerprint density at radius 2 is 1.43 bits per heavy atom. The van der Waals surface area contributed by atoms with Crippen LogP contribution in [-0.4, -0.2) is 56.6 Å². The topological polar surface area (TPSA) is 83.5 Å². The van der Waals surface area contributed by atoms with E-state index in [1.165, 1.54) is 5.06 Å². The van der Waals surface area contributed by atoms with Gasteiger partial charge in [0.15, 0.2) is 0 Å². The first-order valence-electron chi connectivity index (χ1n) is 8.00. The van der Waals surface area contributed by atoms with Crippen molar-refractivity contribution in [2.75, 3.05) is 39.6 Å². The van der Waals surface area contributed by atoms with E-state index in [0.717, 1.165) is 0 Å². The van der Waals surface area contributed by atoms with Crippen molar-refractivity contribution in [3.63, 3.8) is 0 Å². The zero-order chi connectivity index (χ0) is 17.5.